The van der Waals surface area contributed by atoms with Crippen LogP contribution in [-0.2, 0) is 12.6 Å². The molecule has 3 unspecified atom stereocenters. The predicted molar refractivity (Wildman–Crippen MR) is 113 cm³/mol. The number of halogens is 1. The first-order chi connectivity index (χ1) is 11.4. The Morgan fingerprint density at radius 1 is 1.40 bits per heavy atom. The first-order valence-corrected chi connectivity index (χ1v) is 9.16. The molecule has 1 aromatic heterocycles. The zero-order chi connectivity index (χ0) is 17.6. The van der Waals surface area contributed by atoms with E-state index < -0.39 is 5.60 Å². The van der Waals surface area contributed by atoms with E-state index >= 15 is 0 Å². The Bertz CT molecular complexity index is 543. The van der Waals surface area contributed by atoms with Crippen molar-refractivity contribution in [3.63, 3.8) is 0 Å². The van der Waals surface area contributed by atoms with Gasteiger partial charge >= 0.3 is 0 Å². The Hall–Kier alpha value is -0.830. The number of hydrogen-bond acceptors (Lipinski definition) is 3. The molecule has 3 atom stereocenters. The maximum absolute atomic E-state index is 10.7. The summed E-state index contributed by atoms with van der Waals surface area (Å²) in [5.41, 5.74) is -0.236. The molecule has 144 valence electrons. The van der Waals surface area contributed by atoms with Gasteiger partial charge in [-0.1, -0.05) is 26.2 Å². The molecule has 6 nitrogen and oxygen atoms in total. The Kier molecular flexibility index (Phi) is 9.20. The van der Waals surface area contributed by atoms with Gasteiger partial charge in [-0.05, 0) is 32.1 Å². The van der Waals surface area contributed by atoms with Crippen LogP contribution in [0.2, 0.25) is 0 Å². The van der Waals surface area contributed by atoms with Gasteiger partial charge in [-0.15, -0.1) is 24.0 Å². The minimum Gasteiger partial charge on any atom is -0.383 e. The largest absolute Gasteiger partial charge is 0.383 e. The van der Waals surface area contributed by atoms with E-state index in [1.807, 2.05) is 13.2 Å². The fourth-order valence-electron chi connectivity index (χ4n) is 3.29. The van der Waals surface area contributed by atoms with Crippen molar-refractivity contribution in [3.8, 4) is 0 Å². The molecule has 1 saturated carbocycles. The molecule has 1 heterocycles. The molecule has 2 rings (SSSR count). The highest BCUT2D eigenvalue weighted by Crippen LogP contribution is 2.28. The number of aryl methyl sites for hydroxylation is 1. The van der Waals surface area contributed by atoms with Crippen LogP contribution in [0, 0.1) is 11.8 Å². The molecule has 3 N–H and O–H groups in total. The van der Waals surface area contributed by atoms with E-state index in [4.69, 9.17) is 0 Å². The summed E-state index contributed by atoms with van der Waals surface area (Å²) in [6.45, 7) is 8.24. The van der Waals surface area contributed by atoms with Gasteiger partial charge in [0, 0.05) is 31.9 Å². The van der Waals surface area contributed by atoms with Crippen LogP contribution in [-0.4, -0.2) is 40.5 Å². The van der Waals surface area contributed by atoms with Crippen molar-refractivity contribution >= 4 is 29.9 Å². The molecular formula is C18H34IN5O. The molecule has 25 heavy (non-hydrogen) atoms. The van der Waals surface area contributed by atoms with Crippen LogP contribution in [0.4, 0.5) is 0 Å². The molecule has 0 radical (unpaired) electrons. The molecule has 7 heteroatoms. The van der Waals surface area contributed by atoms with Crippen LogP contribution in [0.5, 0.6) is 0 Å². The van der Waals surface area contributed by atoms with Crippen LogP contribution in [0.1, 0.15) is 52.0 Å². The molecule has 0 aliphatic heterocycles. The maximum Gasteiger partial charge on any atom is 0.191 e. The summed E-state index contributed by atoms with van der Waals surface area (Å²) in [6.07, 6.45) is 8.84. The molecule has 0 aromatic carbocycles. The average Bonchev–Trinajstić information content (AvgIpc) is 2.99. The Morgan fingerprint density at radius 2 is 2.12 bits per heavy atom. The summed E-state index contributed by atoms with van der Waals surface area (Å²) in [5, 5.41) is 21.5. The van der Waals surface area contributed by atoms with Crippen molar-refractivity contribution in [1.82, 2.24) is 20.4 Å². The Balaban J connectivity index is 0.00000312. The summed E-state index contributed by atoms with van der Waals surface area (Å²) < 4.78 is 1.70. The fourth-order valence-corrected chi connectivity index (χ4v) is 3.29. The summed E-state index contributed by atoms with van der Waals surface area (Å²) in [7, 11) is 1.85. The molecule has 0 amide bonds. The summed E-state index contributed by atoms with van der Waals surface area (Å²) >= 11 is 0. The third kappa shape index (κ3) is 6.77. The topological polar surface area (TPSA) is 74.5 Å². The second-order valence-electron chi connectivity index (χ2n) is 7.27. The molecule has 0 saturated heterocycles. The molecule has 1 fully saturated rings. The predicted octanol–water partition coefficient (Wildman–Crippen LogP) is 2.63. The van der Waals surface area contributed by atoms with E-state index in [1.54, 1.807) is 17.8 Å². The van der Waals surface area contributed by atoms with Crippen molar-refractivity contribution in [2.75, 3.05) is 19.6 Å². The van der Waals surface area contributed by atoms with Crippen molar-refractivity contribution in [2.24, 2.45) is 23.9 Å². The number of nitrogens with one attached hydrogen (secondary N) is 2. The summed E-state index contributed by atoms with van der Waals surface area (Å²) in [5.74, 6) is 2.26. The lowest BCUT2D eigenvalue weighted by Crippen LogP contribution is -2.42. The van der Waals surface area contributed by atoms with E-state index in [9.17, 15) is 5.11 Å². The van der Waals surface area contributed by atoms with Gasteiger partial charge in [-0.25, -0.2) is 4.99 Å². The molecule has 1 aromatic rings. The van der Waals surface area contributed by atoms with Gasteiger partial charge in [-0.3, -0.25) is 4.68 Å². The van der Waals surface area contributed by atoms with E-state index in [0.717, 1.165) is 30.5 Å². The quantitative estimate of drug-likeness (QED) is 0.345. The molecule has 0 bridgehead atoms. The lowest BCUT2D eigenvalue weighted by atomic mass is 9.80. The number of aliphatic hydroxyl groups is 1. The number of rotatable bonds is 6. The lowest BCUT2D eigenvalue weighted by molar-refractivity contribution is 0.0671. The Labute approximate surface area is 168 Å². The highest BCUT2D eigenvalue weighted by atomic mass is 127. The van der Waals surface area contributed by atoms with Crippen molar-refractivity contribution in [3.05, 3.63) is 18.0 Å². The minimum atomic E-state index is -1.02. The molecular weight excluding hydrogens is 429 g/mol. The molecule has 1 aliphatic rings. The SMILES string of the molecule is CCNC(=NCC(C)(O)c1cnn(C)c1)NCC1CCCCC1C.I. The van der Waals surface area contributed by atoms with Crippen molar-refractivity contribution in [1.29, 1.82) is 0 Å². The summed E-state index contributed by atoms with van der Waals surface area (Å²) in [4.78, 5) is 4.59. The van der Waals surface area contributed by atoms with Gasteiger partial charge < -0.3 is 15.7 Å². The number of aliphatic imine (C=N–C) groups is 1. The fraction of sp³-hybridized carbons (Fsp3) is 0.778. The smallest absolute Gasteiger partial charge is 0.191 e. The van der Waals surface area contributed by atoms with Gasteiger partial charge in [0.05, 0.1) is 12.7 Å². The highest BCUT2D eigenvalue weighted by Gasteiger charge is 2.25. The van der Waals surface area contributed by atoms with Gasteiger partial charge in [0.2, 0.25) is 0 Å². The Morgan fingerprint density at radius 3 is 2.72 bits per heavy atom. The lowest BCUT2D eigenvalue weighted by Gasteiger charge is -2.29. The van der Waals surface area contributed by atoms with Gasteiger partial charge in [-0.2, -0.15) is 5.10 Å². The monoisotopic (exact) mass is 463 g/mol. The van der Waals surface area contributed by atoms with Crippen LogP contribution < -0.4 is 10.6 Å². The third-order valence-corrected chi connectivity index (χ3v) is 5.04. The van der Waals surface area contributed by atoms with Crippen LogP contribution in [0.15, 0.2) is 17.4 Å². The number of hydrogen-bond donors (Lipinski definition) is 3. The van der Waals surface area contributed by atoms with Crippen LogP contribution in [0.3, 0.4) is 0 Å². The normalized spacial score (nSPS) is 23.5. The van der Waals surface area contributed by atoms with E-state index in [-0.39, 0.29) is 24.0 Å². The van der Waals surface area contributed by atoms with Gasteiger partial charge in [0.15, 0.2) is 5.96 Å². The van der Waals surface area contributed by atoms with Gasteiger partial charge in [0.25, 0.3) is 0 Å². The first-order valence-electron chi connectivity index (χ1n) is 9.16. The van der Waals surface area contributed by atoms with Crippen molar-refractivity contribution in [2.45, 2.75) is 52.1 Å². The molecule has 1 aliphatic carbocycles. The van der Waals surface area contributed by atoms with Crippen LogP contribution in [0.25, 0.3) is 0 Å². The van der Waals surface area contributed by atoms with Gasteiger partial charge in [0.1, 0.15) is 5.60 Å². The highest BCUT2D eigenvalue weighted by molar-refractivity contribution is 14.0. The summed E-state index contributed by atoms with van der Waals surface area (Å²) in [6, 6.07) is 0. The van der Waals surface area contributed by atoms with E-state index in [0.29, 0.717) is 12.5 Å². The maximum atomic E-state index is 10.7. The number of nitrogens with zero attached hydrogens (tertiary/aromatic N) is 3. The zero-order valence-corrected chi connectivity index (χ0v) is 18.3. The zero-order valence-electron chi connectivity index (χ0n) is 16.0. The number of aromatic nitrogens is 2. The van der Waals surface area contributed by atoms with E-state index in [2.05, 4.69) is 34.6 Å². The second kappa shape index (κ2) is 10.4. The third-order valence-electron chi connectivity index (χ3n) is 5.04. The minimum absolute atomic E-state index is 0. The molecule has 0 spiro atoms. The first kappa shape index (κ1) is 22.2. The van der Waals surface area contributed by atoms with Crippen LogP contribution >= 0.6 is 24.0 Å². The average molecular weight is 463 g/mol. The van der Waals surface area contributed by atoms with Crippen molar-refractivity contribution < 1.29 is 5.11 Å². The standard InChI is InChI=1S/C18H33N5O.HI/c1-5-19-17(20-10-15-9-7-6-8-14(15)2)21-13-18(3,24)16-11-22-23(4)12-16;/h11-12,14-15,24H,5-10,13H2,1-4H3,(H2,19,20,21);1H. The second-order valence-corrected chi connectivity index (χ2v) is 7.27. The number of guanidine groups is 1. The van der Waals surface area contributed by atoms with E-state index in [1.165, 1.54) is 25.7 Å².